The van der Waals surface area contributed by atoms with Crippen LogP contribution in [0.25, 0.3) is 0 Å². The fourth-order valence-corrected chi connectivity index (χ4v) is 2.75. The number of benzene rings is 1. The summed E-state index contributed by atoms with van der Waals surface area (Å²) in [6, 6.07) is 5.34. The van der Waals surface area contributed by atoms with Crippen molar-refractivity contribution in [1.82, 2.24) is 10.2 Å². The number of fused-ring (bicyclic) bond motifs is 1. The minimum Gasteiger partial charge on any atom is -0.492 e. The third-order valence-corrected chi connectivity index (χ3v) is 3.70. The quantitative estimate of drug-likeness (QED) is 0.853. The molecule has 1 N–H and O–H groups in total. The van der Waals surface area contributed by atoms with Crippen LogP contribution >= 0.6 is 0 Å². The number of carbonyl (C=O) groups excluding carboxylic acids is 1. The molecule has 0 bridgehead atoms. The number of urea groups is 1. The molecular formula is C16H22N2O5. The lowest BCUT2D eigenvalue weighted by Crippen LogP contribution is -2.52. The van der Waals surface area contributed by atoms with Crippen LogP contribution in [0.3, 0.4) is 0 Å². The average Bonchev–Trinajstić information content (AvgIpc) is 2.98. The number of ether oxygens (including phenoxy) is 4. The smallest absolute Gasteiger partial charge is 0.317 e. The molecule has 2 amide bonds. The Kier molecular flexibility index (Phi) is 4.76. The van der Waals surface area contributed by atoms with Crippen LogP contribution in [0.4, 0.5) is 4.79 Å². The standard InChI is InChI=1S/C16H22N2O5/c1-11-8-18(9-12(2)23-11)16(19)17-5-6-20-13-3-4-14-15(7-13)22-10-21-14/h3-4,7,11-12H,5-6,8-10H2,1-2H3,(H,17,19). The summed E-state index contributed by atoms with van der Waals surface area (Å²) in [5.41, 5.74) is 0. The molecule has 0 spiro atoms. The van der Waals surface area contributed by atoms with Crippen LogP contribution in [0.5, 0.6) is 17.2 Å². The molecule has 2 aliphatic heterocycles. The Hall–Kier alpha value is -2.15. The lowest BCUT2D eigenvalue weighted by atomic mass is 10.2. The average molecular weight is 322 g/mol. The molecule has 0 aliphatic carbocycles. The molecule has 1 fully saturated rings. The zero-order valence-electron chi connectivity index (χ0n) is 13.4. The summed E-state index contributed by atoms with van der Waals surface area (Å²) in [6.45, 7) is 6.23. The highest BCUT2D eigenvalue weighted by Crippen LogP contribution is 2.34. The Bertz CT molecular complexity index is 555. The van der Waals surface area contributed by atoms with E-state index in [2.05, 4.69) is 5.32 Å². The van der Waals surface area contributed by atoms with Gasteiger partial charge in [0.15, 0.2) is 11.5 Å². The molecule has 126 valence electrons. The Morgan fingerprint density at radius 3 is 2.78 bits per heavy atom. The number of hydrogen-bond acceptors (Lipinski definition) is 5. The predicted molar refractivity (Wildman–Crippen MR) is 83.0 cm³/mol. The molecule has 3 rings (SSSR count). The normalized spacial score (nSPS) is 22.8. The predicted octanol–water partition coefficient (Wildman–Crippen LogP) is 1.61. The topological polar surface area (TPSA) is 69.3 Å². The van der Waals surface area contributed by atoms with E-state index in [-0.39, 0.29) is 25.0 Å². The van der Waals surface area contributed by atoms with Crippen molar-refractivity contribution >= 4 is 6.03 Å². The van der Waals surface area contributed by atoms with Crippen LogP contribution < -0.4 is 19.5 Å². The van der Waals surface area contributed by atoms with E-state index in [9.17, 15) is 4.79 Å². The Labute approximate surface area is 135 Å². The summed E-state index contributed by atoms with van der Waals surface area (Å²) in [7, 11) is 0. The van der Waals surface area contributed by atoms with Crippen LogP contribution in [-0.2, 0) is 4.74 Å². The molecule has 0 saturated carbocycles. The SMILES string of the molecule is CC1CN(C(=O)NCCOc2ccc3c(c2)OCO3)CC(C)O1. The molecule has 0 aromatic heterocycles. The molecular weight excluding hydrogens is 300 g/mol. The van der Waals surface area contributed by atoms with E-state index in [4.69, 9.17) is 18.9 Å². The van der Waals surface area contributed by atoms with Gasteiger partial charge in [-0.1, -0.05) is 0 Å². The fraction of sp³-hybridized carbons (Fsp3) is 0.562. The number of nitrogens with one attached hydrogen (secondary N) is 1. The van der Waals surface area contributed by atoms with E-state index >= 15 is 0 Å². The van der Waals surface area contributed by atoms with Crippen LogP contribution in [0.15, 0.2) is 18.2 Å². The molecule has 2 aliphatic rings. The van der Waals surface area contributed by atoms with E-state index < -0.39 is 0 Å². The summed E-state index contributed by atoms with van der Waals surface area (Å²) >= 11 is 0. The van der Waals surface area contributed by atoms with Crippen LogP contribution in [0, 0.1) is 0 Å². The third-order valence-electron chi connectivity index (χ3n) is 3.70. The monoisotopic (exact) mass is 322 g/mol. The van der Waals surface area contributed by atoms with Crippen molar-refractivity contribution in [3.8, 4) is 17.2 Å². The lowest BCUT2D eigenvalue weighted by molar-refractivity contribution is -0.0545. The van der Waals surface area contributed by atoms with Crippen molar-refractivity contribution in [1.29, 1.82) is 0 Å². The maximum atomic E-state index is 12.1. The highest BCUT2D eigenvalue weighted by atomic mass is 16.7. The summed E-state index contributed by atoms with van der Waals surface area (Å²) < 4.78 is 21.8. The Morgan fingerprint density at radius 1 is 1.26 bits per heavy atom. The van der Waals surface area contributed by atoms with Gasteiger partial charge in [0.25, 0.3) is 0 Å². The molecule has 2 heterocycles. The highest BCUT2D eigenvalue weighted by Gasteiger charge is 2.25. The second-order valence-electron chi connectivity index (χ2n) is 5.76. The van der Waals surface area contributed by atoms with E-state index in [1.807, 2.05) is 26.0 Å². The van der Waals surface area contributed by atoms with Gasteiger partial charge in [-0.3, -0.25) is 0 Å². The summed E-state index contributed by atoms with van der Waals surface area (Å²) in [5, 5.41) is 2.87. The van der Waals surface area contributed by atoms with Crippen molar-refractivity contribution in [3.05, 3.63) is 18.2 Å². The van der Waals surface area contributed by atoms with E-state index in [0.717, 1.165) is 5.75 Å². The molecule has 1 aromatic carbocycles. The first-order chi connectivity index (χ1) is 11.1. The summed E-state index contributed by atoms with van der Waals surface area (Å²) in [6.07, 6.45) is 0.128. The summed E-state index contributed by atoms with van der Waals surface area (Å²) in [4.78, 5) is 13.9. The maximum absolute atomic E-state index is 12.1. The number of carbonyl (C=O) groups is 1. The molecule has 1 saturated heterocycles. The van der Waals surface area contributed by atoms with Crippen LogP contribution in [0.2, 0.25) is 0 Å². The second kappa shape index (κ2) is 6.95. The van der Waals surface area contributed by atoms with Gasteiger partial charge in [-0.2, -0.15) is 0 Å². The van der Waals surface area contributed by atoms with Crippen LogP contribution in [0.1, 0.15) is 13.8 Å². The zero-order valence-corrected chi connectivity index (χ0v) is 13.4. The van der Waals surface area contributed by atoms with Crippen molar-refractivity contribution < 1.29 is 23.7 Å². The van der Waals surface area contributed by atoms with E-state index in [1.165, 1.54) is 0 Å². The lowest BCUT2D eigenvalue weighted by Gasteiger charge is -2.35. The third kappa shape index (κ3) is 3.98. The van der Waals surface area contributed by atoms with Gasteiger partial charge >= 0.3 is 6.03 Å². The Balaban J connectivity index is 1.40. The van der Waals surface area contributed by atoms with Crippen molar-refractivity contribution in [3.63, 3.8) is 0 Å². The maximum Gasteiger partial charge on any atom is 0.317 e. The van der Waals surface area contributed by atoms with Gasteiger partial charge in [-0.15, -0.1) is 0 Å². The van der Waals surface area contributed by atoms with Gasteiger partial charge in [0.05, 0.1) is 18.8 Å². The van der Waals surface area contributed by atoms with Crippen LogP contribution in [-0.4, -0.2) is 56.2 Å². The zero-order chi connectivity index (χ0) is 16.2. The van der Waals surface area contributed by atoms with Gasteiger partial charge in [-0.05, 0) is 26.0 Å². The number of amides is 2. The minimum atomic E-state index is -0.0821. The largest absolute Gasteiger partial charge is 0.492 e. The number of nitrogens with zero attached hydrogens (tertiary/aromatic N) is 1. The first kappa shape index (κ1) is 15.7. The molecule has 23 heavy (non-hydrogen) atoms. The van der Waals surface area contributed by atoms with Gasteiger partial charge in [0, 0.05) is 19.2 Å². The molecule has 1 aromatic rings. The molecule has 2 atom stereocenters. The van der Waals surface area contributed by atoms with Gasteiger partial charge in [-0.25, -0.2) is 4.79 Å². The van der Waals surface area contributed by atoms with Gasteiger partial charge in [0.1, 0.15) is 12.4 Å². The molecule has 0 radical (unpaired) electrons. The summed E-state index contributed by atoms with van der Waals surface area (Å²) in [5.74, 6) is 2.10. The minimum absolute atomic E-state index is 0.0642. The fourth-order valence-electron chi connectivity index (χ4n) is 2.75. The first-order valence-corrected chi connectivity index (χ1v) is 7.82. The first-order valence-electron chi connectivity index (χ1n) is 7.82. The van der Waals surface area contributed by atoms with E-state index in [0.29, 0.717) is 37.7 Å². The second-order valence-corrected chi connectivity index (χ2v) is 5.76. The van der Waals surface area contributed by atoms with Crippen molar-refractivity contribution in [2.45, 2.75) is 26.1 Å². The molecule has 2 unspecified atom stereocenters. The number of hydrogen-bond donors (Lipinski definition) is 1. The molecule has 7 nitrogen and oxygen atoms in total. The van der Waals surface area contributed by atoms with Gasteiger partial charge in [0.2, 0.25) is 6.79 Å². The van der Waals surface area contributed by atoms with Gasteiger partial charge < -0.3 is 29.2 Å². The van der Waals surface area contributed by atoms with E-state index in [1.54, 1.807) is 11.0 Å². The number of morpholine rings is 1. The highest BCUT2D eigenvalue weighted by molar-refractivity contribution is 5.74. The van der Waals surface area contributed by atoms with Crippen molar-refractivity contribution in [2.75, 3.05) is 33.0 Å². The molecule has 7 heteroatoms. The Morgan fingerprint density at radius 2 is 2.00 bits per heavy atom. The number of rotatable bonds is 4. The van der Waals surface area contributed by atoms with Crippen molar-refractivity contribution in [2.24, 2.45) is 0 Å².